The summed E-state index contributed by atoms with van der Waals surface area (Å²) < 4.78 is 38.2. The van der Waals surface area contributed by atoms with Crippen molar-refractivity contribution < 1.29 is 22.7 Å². The van der Waals surface area contributed by atoms with E-state index in [2.05, 4.69) is 10.0 Å². The van der Waals surface area contributed by atoms with E-state index in [9.17, 15) is 13.2 Å². The monoisotopic (exact) mass is 460 g/mol. The highest BCUT2D eigenvalue weighted by Crippen LogP contribution is 2.36. The Labute approximate surface area is 186 Å². The summed E-state index contributed by atoms with van der Waals surface area (Å²) in [6.07, 6.45) is 0. The van der Waals surface area contributed by atoms with E-state index in [0.29, 0.717) is 28.4 Å². The number of hydrogen-bond acceptors (Lipinski definition) is 5. The summed E-state index contributed by atoms with van der Waals surface area (Å²) in [6.45, 7) is 1.77. The fourth-order valence-electron chi connectivity index (χ4n) is 2.87. The van der Waals surface area contributed by atoms with Gasteiger partial charge in [0.15, 0.2) is 11.5 Å². The summed E-state index contributed by atoms with van der Waals surface area (Å²) in [5.41, 5.74) is 1.72. The molecule has 162 valence electrons. The summed E-state index contributed by atoms with van der Waals surface area (Å²) in [5, 5.41) is 2.97. The van der Waals surface area contributed by atoms with Gasteiger partial charge in [0.25, 0.3) is 15.9 Å². The third-order valence-electron chi connectivity index (χ3n) is 4.49. The summed E-state index contributed by atoms with van der Waals surface area (Å²) in [5.74, 6) is 0.206. The number of amides is 1. The van der Waals surface area contributed by atoms with E-state index < -0.39 is 15.9 Å². The smallest absolute Gasteiger partial charge is 0.261 e. The molecule has 3 aromatic rings. The quantitative estimate of drug-likeness (QED) is 0.532. The summed E-state index contributed by atoms with van der Waals surface area (Å²) in [7, 11) is -0.869. The minimum atomic E-state index is -3.77. The second-order valence-electron chi connectivity index (χ2n) is 6.60. The van der Waals surface area contributed by atoms with E-state index in [0.717, 1.165) is 0 Å². The van der Waals surface area contributed by atoms with Gasteiger partial charge >= 0.3 is 0 Å². The van der Waals surface area contributed by atoms with Crippen LogP contribution >= 0.6 is 11.6 Å². The average molecular weight is 461 g/mol. The zero-order chi connectivity index (χ0) is 22.6. The van der Waals surface area contributed by atoms with Gasteiger partial charge in [0.1, 0.15) is 0 Å². The van der Waals surface area contributed by atoms with Gasteiger partial charge in [-0.3, -0.25) is 9.52 Å². The first-order valence-corrected chi connectivity index (χ1v) is 11.0. The molecule has 0 aliphatic carbocycles. The molecule has 7 nitrogen and oxygen atoms in total. The van der Waals surface area contributed by atoms with Crippen molar-refractivity contribution in [3.05, 3.63) is 76.8 Å². The number of halogens is 1. The van der Waals surface area contributed by atoms with E-state index in [4.69, 9.17) is 21.1 Å². The van der Waals surface area contributed by atoms with E-state index in [1.807, 2.05) is 0 Å². The van der Waals surface area contributed by atoms with Gasteiger partial charge in [-0.05, 0) is 48.9 Å². The number of nitrogens with one attached hydrogen (secondary N) is 2. The molecule has 0 unspecified atom stereocenters. The standard InChI is InChI=1S/C22H21ClN2O5S/c1-14-9-10-16(13-19(14)25-31(27,28)17-7-5-4-6-8-17)24-22(26)15-11-18(23)21(30-3)20(12-15)29-2/h4-13,25H,1-3H3,(H,24,26). The number of ether oxygens (including phenoxy) is 2. The maximum absolute atomic E-state index is 12.7. The molecule has 0 saturated heterocycles. The fourth-order valence-corrected chi connectivity index (χ4v) is 4.30. The number of aryl methyl sites for hydroxylation is 1. The molecular formula is C22H21ClN2O5S. The molecule has 9 heteroatoms. The third kappa shape index (κ3) is 5.10. The highest BCUT2D eigenvalue weighted by atomic mass is 35.5. The van der Waals surface area contributed by atoms with E-state index >= 15 is 0 Å². The molecular weight excluding hydrogens is 440 g/mol. The van der Waals surface area contributed by atoms with Crippen molar-refractivity contribution in [3.8, 4) is 11.5 Å². The second-order valence-corrected chi connectivity index (χ2v) is 8.69. The number of sulfonamides is 1. The minimum absolute atomic E-state index is 0.142. The number of methoxy groups -OCH3 is 2. The summed E-state index contributed by atoms with van der Waals surface area (Å²) >= 11 is 6.18. The molecule has 0 atom stereocenters. The zero-order valence-corrected chi connectivity index (χ0v) is 18.7. The minimum Gasteiger partial charge on any atom is -0.493 e. The Morgan fingerprint density at radius 2 is 1.68 bits per heavy atom. The maximum Gasteiger partial charge on any atom is 0.261 e. The third-order valence-corrected chi connectivity index (χ3v) is 6.15. The molecule has 1 amide bonds. The van der Waals surface area contributed by atoms with Crippen LogP contribution in [0.1, 0.15) is 15.9 Å². The van der Waals surface area contributed by atoms with Gasteiger partial charge in [-0.25, -0.2) is 8.42 Å². The van der Waals surface area contributed by atoms with Crippen LogP contribution < -0.4 is 19.5 Å². The molecule has 31 heavy (non-hydrogen) atoms. The van der Waals surface area contributed by atoms with Crippen molar-refractivity contribution >= 4 is 38.9 Å². The van der Waals surface area contributed by atoms with Crippen LogP contribution in [0.3, 0.4) is 0 Å². The molecule has 0 aliphatic heterocycles. The molecule has 0 aromatic heterocycles. The number of rotatable bonds is 7. The van der Waals surface area contributed by atoms with Crippen molar-refractivity contribution in [2.24, 2.45) is 0 Å². The predicted octanol–water partition coefficient (Wildman–Crippen LogP) is 4.72. The van der Waals surface area contributed by atoms with Crippen LogP contribution in [0.15, 0.2) is 65.6 Å². The Hall–Kier alpha value is -3.23. The van der Waals surface area contributed by atoms with Crippen LogP contribution in [-0.4, -0.2) is 28.5 Å². The normalized spacial score (nSPS) is 11.0. The Morgan fingerprint density at radius 3 is 2.32 bits per heavy atom. The van der Waals surface area contributed by atoms with Crippen LogP contribution in [0, 0.1) is 6.92 Å². The van der Waals surface area contributed by atoms with Crippen LogP contribution in [-0.2, 0) is 10.0 Å². The summed E-state index contributed by atoms with van der Waals surface area (Å²) in [4.78, 5) is 12.9. The molecule has 0 spiro atoms. The van der Waals surface area contributed by atoms with Gasteiger partial charge in [0.2, 0.25) is 0 Å². The number of carbonyl (C=O) groups excluding carboxylic acids is 1. The molecule has 0 bridgehead atoms. The largest absolute Gasteiger partial charge is 0.493 e. The van der Waals surface area contributed by atoms with Gasteiger partial charge in [0.05, 0.1) is 29.8 Å². The van der Waals surface area contributed by atoms with E-state index in [1.165, 1.54) is 38.5 Å². The number of benzene rings is 3. The molecule has 0 radical (unpaired) electrons. The van der Waals surface area contributed by atoms with Crippen molar-refractivity contribution in [3.63, 3.8) is 0 Å². The molecule has 0 heterocycles. The van der Waals surface area contributed by atoms with Crippen molar-refractivity contribution in [1.29, 1.82) is 0 Å². The first-order valence-electron chi connectivity index (χ1n) is 9.16. The first kappa shape index (κ1) is 22.5. The Kier molecular flexibility index (Phi) is 6.72. The lowest BCUT2D eigenvalue weighted by atomic mass is 10.1. The Morgan fingerprint density at radius 1 is 0.968 bits per heavy atom. The lowest BCUT2D eigenvalue weighted by Gasteiger charge is -2.14. The molecule has 2 N–H and O–H groups in total. The van der Waals surface area contributed by atoms with Gasteiger partial charge in [0, 0.05) is 11.3 Å². The highest BCUT2D eigenvalue weighted by molar-refractivity contribution is 7.92. The van der Waals surface area contributed by atoms with Crippen LogP contribution in [0.4, 0.5) is 11.4 Å². The molecule has 0 saturated carbocycles. The maximum atomic E-state index is 12.7. The van der Waals surface area contributed by atoms with Gasteiger partial charge in [-0.15, -0.1) is 0 Å². The van der Waals surface area contributed by atoms with E-state index in [-0.39, 0.29) is 15.5 Å². The topological polar surface area (TPSA) is 93.7 Å². The number of carbonyl (C=O) groups is 1. The first-order chi connectivity index (χ1) is 14.7. The molecule has 3 aromatic carbocycles. The van der Waals surface area contributed by atoms with Crippen molar-refractivity contribution in [1.82, 2.24) is 0 Å². The summed E-state index contributed by atoms with van der Waals surface area (Å²) in [6, 6.07) is 15.9. The van der Waals surface area contributed by atoms with Crippen molar-refractivity contribution in [2.45, 2.75) is 11.8 Å². The number of anilines is 2. The van der Waals surface area contributed by atoms with Crippen LogP contribution in [0.25, 0.3) is 0 Å². The predicted molar refractivity (Wildman–Crippen MR) is 121 cm³/mol. The number of hydrogen-bond donors (Lipinski definition) is 2. The molecule has 0 fully saturated rings. The SMILES string of the molecule is COc1cc(C(=O)Nc2ccc(C)c(NS(=O)(=O)c3ccccc3)c2)cc(Cl)c1OC. The Balaban J connectivity index is 1.85. The van der Waals surface area contributed by atoms with Crippen LogP contribution in [0.5, 0.6) is 11.5 Å². The lowest BCUT2D eigenvalue weighted by Crippen LogP contribution is -2.15. The van der Waals surface area contributed by atoms with Gasteiger partial charge < -0.3 is 14.8 Å². The second kappa shape index (κ2) is 9.28. The highest BCUT2D eigenvalue weighted by Gasteiger charge is 2.17. The van der Waals surface area contributed by atoms with Gasteiger partial charge in [-0.2, -0.15) is 0 Å². The van der Waals surface area contributed by atoms with E-state index in [1.54, 1.807) is 43.3 Å². The average Bonchev–Trinajstić information content (AvgIpc) is 2.75. The Bertz CT molecular complexity index is 1210. The zero-order valence-electron chi connectivity index (χ0n) is 17.1. The molecule has 0 aliphatic rings. The fraction of sp³-hybridized carbons (Fsp3) is 0.136. The van der Waals surface area contributed by atoms with Crippen molar-refractivity contribution in [2.75, 3.05) is 24.3 Å². The van der Waals surface area contributed by atoms with Crippen LogP contribution in [0.2, 0.25) is 5.02 Å². The van der Waals surface area contributed by atoms with Gasteiger partial charge in [-0.1, -0.05) is 35.9 Å². The lowest BCUT2D eigenvalue weighted by molar-refractivity contribution is 0.102. The molecule has 3 rings (SSSR count).